The van der Waals surface area contributed by atoms with E-state index in [-0.39, 0.29) is 23.8 Å². The molecular weight excluding hydrogens is 420 g/mol. The third-order valence-electron chi connectivity index (χ3n) is 5.94. The van der Waals surface area contributed by atoms with Crippen LogP contribution in [0.15, 0.2) is 48.5 Å². The Morgan fingerprint density at radius 3 is 2.42 bits per heavy atom. The number of rotatable bonds is 9. The lowest BCUT2D eigenvalue weighted by molar-refractivity contribution is -0.143. The molecule has 3 rings (SSSR count). The first-order chi connectivity index (χ1) is 15.9. The van der Waals surface area contributed by atoms with Crippen molar-refractivity contribution in [2.24, 2.45) is 11.7 Å². The molecule has 8 nitrogen and oxygen atoms in total. The zero-order valence-corrected chi connectivity index (χ0v) is 19.2. The molecule has 1 saturated heterocycles. The molecule has 0 radical (unpaired) electrons. The zero-order valence-electron chi connectivity index (χ0n) is 19.2. The molecule has 2 atom stereocenters. The van der Waals surface area contributed by atoms with Crippen molar-refractivity contribution in [2.75, 3.05) is 19.0 Å². The van der Waals surface area contributed by atoms with Crippen molar-refractivity contribution in [1.82, 2.24) is 10.2 Å². The number of nitrogens with two attached hydrogens (primary N) is 1. The number of amides is 4. The van der Waals surface area contributed by atoms with Crippen LogP contribution >= 0.6 is 0 Å². The minimum Gasteiger partial charge on any atom is -0.497 e. The number of piperidine rings is 1. The fraction of sp³-hybridized carbons (Fsp3) is 0.400. The second-order valence-electron chi connectivity index (χ2n) is 8.21. The Kier molecular flexibility index (Phi) is 8.29. The van der Waals surface area contributed by atoms with Crippen LogP contribution in [0.2, 0.25) is 0 Å². The van der Waals surface area contributed by atoms with Crippen LogP contribution in [0.5, 0.6) is 5.75 Å². The summed E-state index contributed by atoms with van der Waals surface area (Å²) in [5.74, 6) is 0.398. The van der Waals surface area contributed by atoms with E-state index in [1.165, 1.54) is 0 Å². The van der Waals surface area contributed by atoms with Crippen molar-refractivity contribution in [3.8, 4) is 5.75 Å². The maximum Gasteiger partial charge on any atom is 0.316 e. The minimum absolute atomic E-state index is 0.0795. The van der Waals surface area contributed by atoms with Gasteiger partial charge in [0.25, 0.3) is 0 Å². The maximum atomic E-state index is 13.3. The Labute approximate surface area is 194 Å². The predicted molar refractivity (Wildman–Crippen MR) is 127 cm³/mol. The molecule has 1 aliphatic rings. The van der Waals surface area contributed by atoms with Crippen LogP contribution in [0.1, 0.15) is 49.8 Å². The molecule has 0 aromatic heterocycles. The van der Waals surface area contributed by atoms with Gasteiger partial charge in [0, 0.05) is 25.2 Å². The van der Waals surface area contributed by atoms with Gasteiger partial charge in [0.1, 0.15) is 5.75 Å². The lowest BCUT2D eigenvalue weighted by Crippen LogP contribution is -2.48. The van der Waals surface area contributed by atoms with Gasteiger partial charge >= 0.3 is 6.03 Å². The number of nitrogens with one attached hydrogen (secondary N) is 2. The predicted octanol–water partition coefficient (Wildman–Crippen LogP) is 3.58. The third-order valence-corrected chi connectivity index (χ3v) is 5.94. The number of ether oxygens (including phenoxy) is 1. The van der Waals surface area contributed by atoms with Gasteiger partial charge in [-0.05, 0) is 48.2 Å². The van der Waals surface area contributed by atoms with Crippen LogP contribution < -0.4 is 21.1 Å². The summed E-state index contributed by atoms with van der Waals surface area (Å²) >= 11 is 0. The molecule has 33 heavy (non-hydrogen) atoms. The summed E-state index contributed by atoms with van der Waals surface area (Å²) in [6, 6.07) is 13.8. The molecule has 2 aromatic carbocycles. The molecule has 1 heterocycles. The fourth-order valence-electron chi connectivity index (χ4n) is 4.20. The van der Waals surface area contributed by atoms with E-state index in [0.29, 0.717) is 31.6 Å². The van der Waals surface area contributed by atoms with Gasteiger partial charge in [-0.3, -0.25) is 9.59 Å². The zero-order chi connectivity index (χ0) is 23.8. The summed E-state index contributed by atoms with van der Waals surface area (Å²) < 4.78 is 5.27. The van der Waals surface area contributed by atoms with Gasteiger partial charge < -0.3 is 26.0 Å². The van der Waals surface area contributed by atoms with Gasteiger partial charge in [0.2, 0.25) is 11.8 Å². The smallest absolute Gasteiger partial charge is 0.316 e. The lowest BCUT2D eigenvalue weighted by atomic mass is 9.83. The number of urea groups is 1. The van der Waals surface area contributed by atoms with E-state index in [4.69, 9.17) is 10.5 Å². The highest BCUT2D eigenvalue weighted by Gasteiger charge is 2.40. The Bertz CT molecular complexity index is 959. The highest BCUT2D eigenvalue weighted by atomic mass is 16.5. The average Bonchev–Trinajstić information content (AvgIpc) is 2.82. The van der Waals surface area contributed by atoms with E-state index < -0.39 is 6.03 Å². The normalized spacial score (nSPS) is 18.0. The first-order valence-corrected chi connectivity index (χ1v) is 11.3. The molecule has 4 amide bonds. The Morgan fingerprint density at radius 1 is 1.12 bits per heavy atom. The second kappa shape index (κ2) is 11.4. The molecule has 1 aliphatic heterocycles. The largest absolute Gasteiger partial charge is 0.497 e. The first kappa shape index (κ1) is 24.1. The van der Waals surface area contributed by atoms with E-state index in [9.17, 15) is 14.4 Å². The number of unbranched alkanes of at least 4 members (excludes halogenated alkanes) is 1. The quantitative estimate of drug-likeness (QED) is 0.539. The van der Waals surface area contributed by atoms with Crippen molar-refractivity contribution in [1.29, 1.82) is 0 Å². The van der Waals surface area contributed by atoms with E-state index in [2.05, 4.69) is 17.6 Å². The summed E-state index contributed by atoms with van der Waals surface area (Å²) in [6.07, 6.45) is 2.72. The highest BCUT2D eigenvalue weighted by Crippen LogP contribution is 2.37. The molecule has 176 valence electrons. The summed E-state index contributed by atoms with van der Waals surface area (Å²) in [4.78, 5) is 38.9. The summed E-state index contributed by atoms with van der Waals surface area (Å²) in [5, 5.41) is 5.54. The third kappa shape index (κ3) is 6.25. The summed E-state index contributed by atoms with van der Waals surface area (Å²) in [5.41, 5.74) is 7.55. The minimum atomic E-state index is -0.625. The number of likely N-dealkylation sites (tertiary alicyclic amines) is 1. The Morgan fingerprint density at radius 2 is 1.82 bits per heavy atom. The summed E-state index contributed by atoms with van der Waals surface area (Å²) in [7, 11) is 1.61. The van der Waals surface area contributed by atoms with E-state index in [0.717, 1.165) is 29.7 Å². The molecule has 8 heteroatoms. The van der Waals surface area contributed by atoms with E-state index in [1.807, 2.05) is 41.3 Å². The van der Waals surface area contributed by atoms with Crippen LogP contribution in [0.3, 0.4) is 0 Å². The molecule has 0 spiro atoms. The Balaban J connectivity index is 1.76. The number of anilines is 1. The number of methoxy groups -OCH3 is 1. The number of hydrogen-bond donors (Lipinski definition) is 3. The SMILES string of the molecule is CCCCN1C(=O)CCC(C(=O)NCc2ccc(NC(N)=O)cc2)C1c1ccc(OC)cc1. The number of primary amides is 1. The van der Waals surface area contributed by atoms with Crippen LogP contribution in [0, 0.1) is 5.92 Å². The molecular formula is C25H32N4O4. The van der Waals surface area contributed by atoms with Gasteiger partial charge in [0.15, 0.2) is 0 Å². The standard InChI is InChI=1S/C25H32N4O4/c1-3-4-15-29-22(30)14-13-21(23(29)18-7-11-20(33-2)12-8-18)24(31)27-16-17-5-9-19(10-6-17)28-25(26)32/h5-12,21,23H,3-4,13-16H2,1-2H3,(H,27,31)(H3,26,28,32). The molecule has 1 fully saturated rings. The van der Waals surface area contributed by atoms with Crippen molar-refractivity contribution in [3.05, 3.63) is 59.7 Å². The van der Waals surface area contributed by atoms with E-state index in [1.54, 1.807) is 19.2 Å². The maximum absolute atomic E-state index is 13.3. The second-order valence-corrected chi connectivity index (χ2v) is 8.21. The molecule has 0 saturated carbocycles. The van der Waals surface area contributed by atoms with Gasteiger partial charge in [-0.1, -0.05) is 37.6 Å². The van der Waals surface area contributed by atoms with Crippen LogP contribution in [-0.2, 0) is 16.1 Å². The van der Waals surface area contributed by atoms with Crippen molar-refractivity contribution in [3.63, 3.8) is 0 Å². The molecule has 2 unspecified atom stereocenters. The monoisotopic (exact) mass is 452 g/mol. The van der Waals surface area contributed by atoms with Gasteiger partial charge in [-0.2, -0.15) is 0 Å². The number of benzene rings is 2. The van der Waals surface area contributed by atoms with Crippen LogP contribution in [0.4, 0.5) is 10.5 Å². The molecule has 2 aromatic rings. The van der Waals surface area contributed by atoms with Crippen LogP contribution in [-0.4, -0.2) is 36.4 Å². The number of hydrogen-bond acceptors (Lipinski definition) is 4. The topological polar surface area (TPSA) is 114 Å². The van der Waals surface area contributed by atoms with Crippen LogP contribution in [0.25, 0.3) is 0 Å². The number of carbonyl (C=O) groups excluding carboxylic acids is 3. The molecule has 4 N–H and O–H groups in total. The Hall–Kier alpha value is -3.55. The summed E-state index contributed by atoms with van der Waals surface area (Å²) in [6.45, 7) is 3.07. The lowest BCUT2D eigenvalue weighted by Gasteiger charge is -2.41. The number of carbonyl (C=O) groups is 3. The first-order valence-electron chi connectivity index (χ1n) is 11.3. The molecule has 0 aliphatic carbocycles. The van der Waals surface area contributed by atoms with Crippen molar-refractivity contribution in [2.45, 2.75) is 45.2 Å². The highest BCUT2D eigenvalue weighted by molar-refractivity contribution is 5.87. The van der Waals surface area contributed by atoms with Gasteiger partial charge in [-0.15, -0.1) is 0 Å². The van der Waals surface area contributed by atoms with Crippen molar-refractivity contribution < 1.29 is 19.1 Å². The fourth-order valence-corrected chi connectivity index (χ4v) is 4.20. The van der Waals surface area contributed by atoms with E-state index >= 15 is 0 Å². The van der Waals surface area contributed by atoms with Gasteiger partial charge in [-0.25, -0.2) is 4.79 Å². The molecule has 0 bridgehead atoms. The average molecular weight is 453 g/mol. The van der Waals surface area contributed by atoms with Gasteiger partial charge in [0.05, 0.1) is 19.1 Å². The number of nitrogens with zero attached hydrogens (tertiary/aromatic N) is 1. The van der Waals surface area contributed by atoms with Crippen molar-refractivity contribution >= 4 is 23.5 Å².